The fourth-order valence-corrected chi connectivity index (χ4v) is 3.41. The third kappa shape index (κ3) is 4.38. The van der Waals surface area contributed by atoms with E-state index in [1.54, 1.807) is 10.6 Å². The summed E-state index contributed by atoms with van der Waals surface area (Å²) in [4.78, 5) is 29.4. The van der Waals surface area contributed by atoms with Crippen LogP contribution in [0.1, 0.15) is 40.0 Å². The maximum Gasteiger partial charge on any atom is 0.262 e. The van der Waals surface area contributed by atoms with Crippen molar-refractivity contribution in [2.45, 2.75) is 57.8 Å². The molecule has 0 unspecified atom stereocenters. The van der Waals surface area contributed by atoms with Gasteiger partial charge >= 0.3 is 0 Å². The topological polar surface area (TPSA) is 64.0 Å². The first kappa shape index (κ1) is 18.5. The maximum atomic E-state index is 12.7. The van der Waals surface area contributed by atoms with E-state index in [1.165, 1.54) is 11.8 Å². The maximum absolute atomic E-state index is 12.7. The summed E-state index contributed by atoms with van der Waals surface area (Å²) < 4.78 is 1.68. The van der Waals surface area contributed by atoms with Crippen molar-refractivity contribution in [1.82, 2.24) is 14.9 Å². The summed E-state index contributed by atoms with van der Waals surface area (Å²) in [5.41, 5.74) is 0.642. The van der Waals surface area contributed by atoms with Crippen LogP contribution in [0.15, 0.2) is 34.2 Å². The molecule has 5 nitrogen and oxygen atoms in total. The van der Waals surface area contributed by atoms with Gasteiger partial charge < -0.3 is 5.32 Å². The van der Waals surface area contributed by atoms with Gasteiger partial charge in [-0.25, -0.2) is 4.98 Å². The van der Waals surface area contributed by atoms with Crippen LogP contribution in [0.5, 0.6) is 0 Å². The second-order valence-electron chi connectivity index (χ2n) is 5.74. The molecule has 1 heterocycles. The Morgan fingerprint density at radius 2 is 1.96 bits per heavy atom. The largest absolute Gasteiger partial charge is 0.353 e. The van der Waals surface area contributed by atoms with Crippen LogP contribution in [0.25, 0.3) is 10.9 Å². The van der Waals surface area contributed by atoms with Gasteiger partial charge in [-0.3, -0.25) is 14.2 Å². The van der Waals surface area contributed by atoms with Crippen LogP contribution in [-0.2, 0) is 11.3 Å². The summed E-state index contributed by atoms with van der Waals surface area (Å²) in [6.07, 6.45) is 2.68. The van der Waals surface area contributed by atoms with E-state index >= 15 is 0 Å². The number of carbonyl (C=O) groups excluding carboxylic acids is 1. The van der Waals surface area contributed by atoms with Crippen molar-refractivity contribution >= 4 is 28.6 Å². The van der Waals surface area contributed by atoms with Crippen LogP contribution in [0.4, 0.5) is 0 Å². The molecule has 1 aromatic carbocycles. The highest BCUT2D eigenvalue weighted by Crippen LogP contribution is 2.18. The number of rotatable bonds is 8. The molecule has 0 aliphatic carbocycles. The van der Waals surface area contributed by atoms with E-state index in [9.17, 15) is 9.59 Å². The molecule has 0 fully saturated rings. The van der Waals surface area contributed by atoms with Crippen LogP contribution in [0.2, 0.25) is 0 Å². The number of carbonyl (C=O) groups is 1. The highest BCUT2D eigenvalue weighted by molar-refractivity contribution is 7.99. The Balaban J connectivity index is 2.22. The first-order chi connectivity index (χ1) is 11.6. The van der Waals surface area contributed by atoms with E-state index in [0.717, 1.165) is 19.3 Å². The number of hydrogen-bond donors (Lipinski definition) is 1. The summed E-state index contributed by atoms with van der Waals surface area (Å²) in [5.74, 6) is 0.254. The van der Waals surface area contributed by atoms with E-state index in [0.29, 0.717) is 22.6 Å². The molecule has 0 aliphatic heterocycles. The lowest BCUT2D eigenvalue weighted by molar-refractivity contribution is -0.119. The predicted octanol–water partition coefficient (Wildman–Crippen LogP) is 3.20. The third-order valence-electron chi connectivity index (χ3n) is 3.96. The fourth-order valence-electron chi connectivity index (χ4n) is 2.57. The zero-order valence-electron chi connectivity index (χ0n) is 14.5. The minimum Gasteiger partial charge on any atom is -0.353 e. The molecule has 2 aromatic rings. The second-order valence-corrected chi connectivity index (χ2v) is 6.68. The Kier molecular flexibility index (Phi) is 6.85. The fraction of sp³-hybridized carbons (Fsp3) is 0.500. The van der Waals surface area contributed by atoms with Gasteiger partial charge in [0.05, 0.1) is 16.7 Å². The lowest BCUT2D eigenvalue weighted by Crippen LogP contribution is -2.35. The molecule has 1 amide bonds. The van der Waals surface area contributed by atoms with E-state index in [4.69, 9.17) is 0 Å². The predicted molar refractivity (Wildman–Crippen MR) is 99.5 cm³/mol. The lowest BCUT2D eigenvalue weighted by Gasteiger charge is -2.15. The molecular formula is C18H25N3O2S. The molecule has 0 spiro atoms. The van der Waals surface area contributed by atoms with Crippen molar-refractivity contribution in [3.05, 3.63) is 34.6 Å². The zero-order chi connectivity index (χ0) is 17.5. The van der Waals surface area contributed by atoms with Crippen LogP contribution < -0.4 is 10.9 Å². The van der Waals surface area contributed by atoms with Crippen molar-refractivity contribution < 1.29 is 4.79 Å². The summed E-state index contributed by atoms with van der Waals surface area (Å²) in [5, 5.41) is 4.25. The van der Waals surface area contributed by atoms with Gasteiger partial charge in [0.2, 0.25) is 5.91 Å². The molecule has 0 bridgehead atoms. The molecule has 1 aromatic heterocycles. The van der Waals surface area contributed by atoms with E-state index in [-0.39, 0.29) is 23.3 Å². The van der Waals surface area contributed by atoms with Gasteiger partial charge in [0.1, 0.15) is 0 Å². The molecular weight excluding hydrogens is 322 g/mol. The van der Waals surface area contributed by atoms with Crippen LogP contribution >= 0.6 is 11.8 Å². The Hall–Kier alpha value is -1.82. The van der Waals surface area contributed by atoms with Crippen molar-refractivity contribution in [1.29, 1.82) is 0 Å². The van der Waals surface area contributed by atoms with Crippen molar-refractivity contribution in [3.8, 4) is 0 Å². The third-order valence-corrected chi connectivity index (χ3v) is 4.93. The number of para-hydroxylation sites is 1. The van der Waals surface area contributed by atoms with Crippen LogP contribution in [0.3, 0.4) is 0 Å². The highest BCUT2D eigenvalue weighted by Gasteiger charge is 2.14. The molecule has 0 saturated carbocycles. The molecule has 0 radical (unpaired) electrons. The number of fused-ring (bicyclic) bond motifs is 1. The summed E-state index contributed by atoms with van der Waals surface area (Å²) >= 11 is 1.33. The minimum atomic E-state index is -0.0367. The van der Waals surface area contributed by atoms with Crippen LogP contribution in [0, 0.1) is 0 Å². The summed E-state index contributed by atoms with van der Waals surface area (Å²) in [7, 11) is 0. The monoisotopic (exact) mass is 347 g/mol. The molecule has 0 aliphatic rings. The van der Waals surface area contributed by atoms with Gasteiger partial charge in [0.15, 0.2) is 5.16 Å². The molecule has 0 saturated heterocycles. The van der Waals surface area contributed by atoms with Crippen molar-refractivity contribution in [2.75, 3.05) is 5.75 Å². The quantitative estimate of drug-likeness (QED) is 0.588. The number of aromatic nitrogens is 2. The van der Waals surface area contributed by atoms with E-state index < -0.39 is 0 Å². The van der Waals surface area contributed by atoms with Gasteiger partial charge in [0.25, 0.3) is 5.56 Å². The van der Waals surface area contributed by atoms with Crippen LogP contribution in [-0.4, -0.2) is 27.3 Å². The number of amides is 1. The first-order valence-electron chi connectivity index (χ1n) is 8.52. The van der Waals surface area contributed by atoms with E-state index in [1.807, 2.05) is 25.1 Å². The standard InChI is InChI=1S/C18H25N3O2S/c1-4-11-21-17(23)14-9-7-8-10-15(14)20-18(21)24-12-16(22)19-13(5-2)6-3/h7-10,13H,4-6,11-12H2,1-3H3,(H,19,22). The number of thioether (sulfide) groups is 1. The Morgan fingerprint density at radius 1 is 1.25 bits per heavy atom. The smallest absolute Gasteiger partial charge is 0.262 e. The first-order valence-corrected chi connectivity index (χ1v) is 9.50. The minimum absolute atomic E-state index is 0.0147. The molecule has 6 heteroatoms. The average Bonchev–Trinajstić information content (AvgIpc) is 2.60. The summed E-state index contributed by atoms with van der Waals surface area (Å²) in [6, 6.07) is 7.55. The normalized spacial score (nSPS) is 11.2. The number of benzene rings is 1. The van der Waals surface area contributed by atoms with Gasteiger partial charge in [-0.05, 0) is 31.4 Å². The molecule has 2 rings (SSSR count). The van der Waals surface area contributed by atoms with Gasteiger partial charge in [-0.2, -0.15) is 0 Å². The number of nitrogens with zero attached hydrogens (tertiary/aromatic N) is 2. The lowest BCUT2D eigenvalue weighted by atomic mass is 10.2. The van der Waals surface area contributed by atoms with Crippen molar-refractivity contribution in [3.63, 3.8) is 0 Å². The summed E-state index contributed by atoms with van der Waals surface area (Å²) in [6.45, 7) is 6.75. The number of hydrogen-bond acceptors (Lipinski definition) is 4. The molecule has 130 valence electrons. The van der Waals surface area contributed by atoms with Crippen molar-refractivity contribution in [2.24, 2.45) is 0 Å². The molecule has 0 atom stereocenters. The number of nitrogens with one attached hydrogen (secondary N) is 1. The zero-order valence-corrected chi connectivity index (χ0v) is 15.4. The molecule has 1 N–H and O–H groups in total. The Labute approximate surface area is 146 Å². The SMILES string of the molecule is CCCn1c(SCC(=O)NC(CC)CC)nc2ccccc2c1=O. The second kappa shape index (κ2) is 8.87. The molecule has 24 heavy (non-hydrogen) atoms. The van der Waals surface area contributed by atoms with E-state index in [2.05, 4.69) is 24.1 Å². The van der Waals surface area contributed by atoms with Gasteiger partial charge in [-0.15, -0.1) is 0 Å². The van der Waals surface area contributed by atoms with Gasteiger partial charge in [0, 0.05) is 12.6 Å². The highest BCUT2D eigenvalue weighted by atomic mass is 32.2. The Bertz CT molecular complexity index is 754. The Morgan fingerprint density at radius 3 is 2.62 bits per heavy atom. The average molecular weight is 347 g/mol. The van der Waals surface area contributed by atoms with Gasteiger partial charge in [-0.1, -0.05) is 44.7 Å².